The van der Waals surface area contributed by atoms with E-state index in [0.29, 0.717) is 5.92 Å². The van der Waals surface area contributed by atoms with Gasteiger partial charge >= 0.3 is 0 Å². The highest BCUT2D eigenvalue weighted by atomic mass is 127. The maximum atomic E-state index is 4.59. The predicted octanol–water partition coefficient (Wildman–Crippen LogP) is 3.94. The van der Waals surface area contributed by atoms with E-state index in [4.69, 9.17) is 0 Å². The molecule has 1 aromatic carbocycles. The Morgan fingerprint density at radius 1 is 1.33 bits per heavy atom. The molecule has 1 fully saturated rings. The molecule has 1 atom stereocenters. The maximum Gasteiger partial charge on any atom is 0.194 e. The van der Waals surface area contributed by atoms with Crippen LogP contribution in [-0.4, -0.2) is 36.0 Å². The highest BCUT2D eigenvalue weighted by Crippen LogP contribution is 2.27. The number of likely N-dealkylation sites (tertiary alicyclic amines) is 1. The van der Waals surface area contributed by atoms with Gasteiger partial charge in [-0.2, -0.15) is 0 Å². The van der Waals surface area contributed by atoms with Crippen LogP contribution in [0.1, 0.15) is 33.5 Å². The standard InChI is InChI=1S/C18H24N4S.HI/c1-13-14(2)23-17(21-13)11-20-18(19-3)22-10-9-16(12-22)15-7-5-4-6-8-15;/h4-8,16H,9-12H2,1-3H3,(H,19,20);1H. The van der Waals surface area contributed by atoms with Crippen LogP contribution in [0.2, 0.25) is 0 Å². The highest BCUT2D eigenvalue weighted by molar-refractivity contribution is 14.0. The molecule has 1 N–H and O–H groups in total. The van der Waals surface area contributed by atoms with Crippen molar-refractivity contribution in [3.63, 3.8) is 0 Å². The summed E-state index contributed by atoms with van der Waals surface area (Å²) < 4.78 is 0. The minimum atomic E-state index is 0. The summed E-state index contributed by atoms with van der Waals surface area (Å²) in [5.41, 5.74) is 2.56. The van der Waals surface area contributed by atoms with Crippen molar-refractivity contribution in [1.82, 2.24) is 15.2 Å². The third kappa shape index (κ3) is 4.47. The van der Waals surface area contributed by atoms with Crippen LogP contribution in [0.5, 0.6) is 0 Å². The number of aromatic nitrogens is 1. The quantitative estimate of drug-likeness (QED) is 0.432. The van der Waals surface area contributed by atoms with E-state index < -0.39 is 0 Å². The lowest BCUT2D eigenvalue weighted by molar-refractivity contribution is 0.485. The molecule has 6 heteroatoms. The van der Waals surface area contributed by atoms with Gasteiger partial charge in [-0.3, -0.25) is 4.99 Å². The molecule has 130 valence electrons. The number of aliphatic imine (C=N–C) groups is 1. The monoisotopic (exact) mass is 456 g/mol. The Morgan fingerprint density at radius 3 is 2.71 bits per heavy atom. The average molecular weight is 456 g/mol. The molecule has 0 spiro atoms. The van der Waals surface area contributed by atoms with E-state index in [-0.39, 0.29) is 24.0 Å². The van der Waals surface area contributed by atoms with Crippen LogP contribution in [0.15, 0.2) is 35.3 Å². The topological polar surface area (TPSA) is 40.5 Å². The zero-order chi connectivity index (χ0) is 16.2. The molecule has 2 heterocycles. The van der Waals surface area contributed by atoms with Crippen LogP contribution in [0.4, 0.5) is 0 Å². The molecular weight excluding hydrogens is 431 g/mol. The first-order chi connectivity index (χ1) is 11.2. The number of thiazole rings is 1. The van der Waals surface area contributed by atoms with Gasteiger partial charge in [-0.25, -0.2) is 4.98 Å². The normalized spacial score (nSPS) is 17.7. The first-order valence-corrected chi connectivity index (χ1v) is 8.92. The van der Waals surface area contributed by atoms with Gasteiger partial charge < -0.3 is 10.2 Å². The van der Waals surface area contributed by atoms with E-state index in [1.807, 2.05) is 7.05 Å². The van der Waals surface area contributed by atoms with Gasteiger partial charge in [0.2, 0.25) is 0 Å². The highest BCUT2D eigenvalue weighted by Gasteiger charge is 2.25. The molecule has 1 unspecified atom stereocenters. The fourth-order valence-corrected chi connectivity index (χ4v) is 3.93. The van der Waals surface area contributed by atoms with E-state index in [1.165, 1.54) is 16.9 Å². The van der Waals surface area contributed by atoms with E-state index in [1.54, 1.807) is 11.3 Å². The number of rotatable bonds is 3. The maximum absolute atomic E-state index is 4.59. The van der Waals surface area contributed by atoms with Gasteiger partial charge in [-0.15, -0.1) is 35.3 Å². The summed E-state index contributed by atoms with van der Waals surface area (Å²) in [5, 5.41) is 4.59. The summed E-state index contributed by atoms with van der Waals surface area (Å²) in [4.78, 5) is 12.7. The molecule has 0 bridgehead atoms. The molecule has 1 aromatic heterocycles. The number of nitrogens with one attached hydrogen (secondary N) is 1. The number of nitrogens with zero attached hydrogens (tertiary/aromatic N) is 3. The minimum absolute atomic E-state index is 0. The average Bonchev–Trinajstić information content (AvgIpc) is 3.17. The number of hydrogen-bond donors (Lipinski definition) is 1. The van der Waals surface area contributed by atoms with Gasteiger partial charge in [-0.05, 0) is 25.8 Å². The predicted molar refractivity (Wildman–Crippen MR) is 113 cm³/mol. The van der Waals surface area contributed by atoms with Gasteiger partial charge in [0.15, 0.2) is 5.96 Å². The largest absolute Gasteiger partial charge is 0.350 e. The smallest absolute Gasteiger partial charge is 0.194 e. The van der Waals surface area contributed by atoms with Crippen molar-refractivity contribution in [2.45, 2.75) is 32.7 Å². The van der Waals surface area contributed by atoms with Gasteiger partial charge in [0.25, 0.3) is 0 Å². The molecule has 0 amide bonds. The zero-order valence-corrected chi connectivity index (χ0v) is 17.6. The van der Waals surface area contributed by atoms with Crippen LogP contribution in [-0.2, 0) is 6.54 Å². The number of benzene rings is 1. The molecule has 0 radical (unpaired) electrons. The van der Waals surface area contributed by atoms with Crippen molar-refractivity contribution >= 4 is 41.3 Å². The SMILES string of the molecule is CN=C(NCc1nc(C)c(C)s1)N1CCC(c2ccccc2)C1.I. The van der Waals surface area contributed by atoms with Crippen LogP contribution in [0, 0.1) is 13.8 Å². The fourth-order valence-electron chi connectivity index (χ4n) is 3.05. The molecule has 4 nitrogen and oxygen atoms in total. The molecule has 3 rings (SSSR count). The van der Waals surface area contributed by atoms with E-state index in [9.17, 15) is 0 Å². The lowest BCUT2D eigenvalue weighted by Gasteiger charge is -2.21. The summed E-state index contributed by atoms with van der Waals surface area (Å²) >= 11 is 1.76. The molecular formula is C18H25IN4S. The van der Waals surface area contributed by atoms with Crippen LogP contribution < -0.4 is 5.32 Å². The van der Waals surface area contributed by atoms with E-state index in [2.05, 4.69) is 64.4 Å². The Morgan fingerprint density at radius 2 is 2.08 bits per heavy atom. The van der Waals surface area contributed by atoms with Crippen LogP contribution in [0.25, 0.3) is 0 Å². The summed E-state index contributed by atoms with van der Waals surface area (Å²) in [6, 6.07) is 10.8. The third-order valence-electron chi connectivity index (χ3n) is 4.44. The Labute approximate surface area is 165 Å². The second-order valence-corrected chi connectivity index (χ2v) is 7.28. The first kappa shape index (κ1) is 19.2. The molecule has 24 heavy (non-hydrogen) atoms. The summed E-state index contributed by atoms with van der Waals surface area (Å²) in [6.45, 7) is 7.01. The lowest BCUT2D eigenvalue weighted by atomic mass is 9.99. The Hall–Kier alpha value is -1.15. The Bertz CT molecular complexity index is 664. The van der Waals surface area contributed by atoms with Crippen molar-refractivity contribution in [3.05, 3.63) is 51.5 Å². The minimum Gasteiger partial charge on any atom is -0.350 e. The molecule has 1 aliphatic rings. The number of guanidine groups is 1. The van der Waals surface area contributed by atoms with Crippen molar-refractivity contribution in [1.29, 1.82) is 0 Å². The number of hydrogen-bond acceptors (Lipinski definition) is 3. The van der Waals surface area contributed by atoms with E-state index in [0.717, 1.165) is 36.3 Å². The fraction of sp³-hybridized carbons (Fsp3) is 0.444. The lowest BCUT2D eigenvalue weighted by Crippen LogP contribution is -2.39. The molecule has 0 saturated carbocycles. The number of aryl methyl sites for hydroxylation is 2. The van der Waals surface area contributed by atoms with Crippen molar-refractivity contribution in [2.24, 2.45) is 4.99 Å². The van der Waals surface area contributed by atoms with Gasteiger partial charge in [0, 0.05) is 30.9 Å². The Kier molecular flexibility index (Phi) is 7.03. The molecule has 2 aromatic rings. The molecule has 0 aliphatic carbocycles. The van der Waals surface area contributed by atoms with Crippen LogP contribution >= 0.6 is 35.3 Å². The van der Waals surface area contributed by atoms with Crippen molar-refractivity contribution in [2.75, 3.05) is 20.1 Å². The number of halogens is 1. The van der Waals surface area contributed by atoms with Gasteiger partial charge in [0.05, 0.1) is 12.2 Å². The summed E-state index contributed by atoms with van der Waals surface area (Å²) in [7, 11) is 1.86. The molecule has 1 saturated heterocycles. The first-order valence-electron chi connectivity index (χ1n) is 8.11. The summed E-state index contributed by atoms with van der Waals surface area (Å²) in [6.07, 6.45) is 1.18. The molecule has 1 aliphatic heterocycles. The Balaban J connectivity index is 0.00000208. The van der Waals surface area contributed by atoms with Crippen molar-refractivity contribution in [3.8, 4) is 0 Å². The van der Waals surface area contributed by atoms with Gasteiger partial charge in [0.1, 0.15) is 5.01 Å². The van der Waals surface area contributed by atoms with Crippen LogP contribution in [0.3, 0.4) is 0 Å². The zero-order valence-electron chi connectivity index (χ0n) is 14.5. The van der Waals surface area contributed by atoms with Crippen molar-refractivity contribution < 1.29 is 0 Å². The van der Waals surface area contributed by atoms with E-state index >= 15 is 0 Å². The second kappa shape index (κ2) is 8.80. The van der Waals surface area contributed by atoms with Gasteiger partial charge in [-0.1, -0.05) is 30.3 Å². The third-order valence-corrected chi connectivity index (χ3v) is 5.51. The summed E-state index contributed by atoms with van der Waals surface area (Å²) in [5.74, 6) is 1.58. The second-order valence-electron chi connectivity index (χ2n) is 5.99.